The number of hydrogen-bond acceptors (Lipinski definition) is 2. The van der Waals surface area contributed by atoms with Gasteiger partial charge in [-0.25, -0.2) is 5.26 Å². The fraction of sp³-hybridized carbons (Fsp3) is 0. The molecule has 0 unspecified atom stereocenters. The maximum atomic E-state index is 10.6. The number of aldehydes is 1. The molecule has 0 aliphatic rings. The van der Waals surface area contributed by atoms with Crippen molar-refractivity contribution < 1.29 is 4.79 Å². The maximum Gasteiger partial charge on any atom is 0.150 e. The molecule has 2 aromatic carbocycles. The van der Waals surface area contributed by atoms with Crippen molar-refractivity contribution in [2.75, 3.05) is 0 Å². The van der Waals surface area contributed by atoms with E-state index in [9.17, 15) is 4.79 Å². The van der Waals surface area contributed by atoms with E-state index < -0.39 is 0 Å². The number of rotatable bonds is 1. The van der Waals surface area contributed by atoms with E-state index in [2.05, 4.69) is 6.57 Å². The molecule has 0 saturated heterocycles. The molecule has 0 fully saturated rings. The molecule has 0 spiro atoms. The van der Waals surface area contributed by atoms with Crippen LogP contribution in [0.25, 0.3) is 10.8 Å². The van der Waals surface area contributed by atoms with Crippen LogP contribution in [0.2, 0.25) is 0 Å². The zero-order valence-corrected chi connectivity index (χ0v) is 7.55. The predicted molar refractivity (Wildman–Crippen MR) is 56.0 cm³/mol. The lowest BCUT2D eigenvalue weighted by atomic mass is 10.1. The first kappa shape index (κ1) is 9.94. The summed E-state index contributed by atoms with van der Waals surface area (Å²) in [5, 5.41) is 8.64. The second-order valence-electron chi connectivity index (χ2n) is 2.69. The standard InChI is InChI=1S/C11H8O.CHN/c12-8-10-6-3-5-9-4-1-2-7-11(9)10;1-2/h1-8H;1H. The predicted octanol–water partition coefficient (Wildman–Crippen LogP) is 2.79. The minimum Gasteiger partial charge on any atom is -0.298 e. The molecule has 0 bridgehead atoms. The highest BCUT2D eigenvalue weighted by molar-refractivity contribution is 5.97. The molecule has 0 amide bonds. The lowest BCUT2D eigenvalue weighted by molar-refractivity contribution is 0.112. The average Bonchev–Trinajstić information content (AvgIpc) is 2.31. The third kappa shape index (κ3) is 1.78. The van der Waals surface area contributed by atoms with Crippen molar-refractivity contribution in [2.45, 2.75) is 0 Å². The number of hydrogen-bond donors (Lipinski definition) is 0. The molecule has 0 N–H and O–H groups in total. The molecule has 0 saturated carbocycles. The highest BCUT2D eigenvalue weighted by Crippen LogP contribution is 2.16. The Morgan fingerprint density at radius 2 is 1.64 bits per heavy atom. The van der Waals surface area contributed by atoms with E-state index in [0.717, 1.165) is 22.6 Å². The van der Waals surface area contributed by atoms with E-state index in [-0.39, 0.29) is 0 Å². The number of carbonyl (C=O) groups excluding carboxylic acids is 1. The van der Waals surface area contributed by atoms with Gasteiger partial charge in [0.1, 0.15) is 0 Å². The Labute approximate surface area is 82.4 Å². The summed E-state index contributed by atoms with van der Waals surface area (Å²) in [5.74, 6) is 0. The van der Waals surface area contributed by atoms with Crippen LogP contribution in [0.4, 0.5) is 0 Å². The molecule has 2 rings (SSSR count). The van der Waals surface area contributed by atoms with Crippen molar-refractivity contribution in [3.05, 3.63) is 48.0 Å². The van der Waals surface area contributed by atoms with Crippen LogP contribution in [-0.4, -0.2) is 6.29 Å². The molecule has 0 aliphatic heterocycles. The second kappa shape index (κ2) is 4.78. The number of benzene rings is 2. The zero-order valence-electron chi connectivity index (χ0n) is 7.55. The van der Waals surface area contributed by atoms with Gasteiger partial charge < -0.3 is 0 Å². The fourth-order valence-corrected chi connectivity index (χ4v) is 1.35. The van der Waals surface area contributed by atoms with Gasteiger partial charge in [0.2, 0.25) is 0 Å². The summed E-state index contributed by atoms with van der Waals surface area (Å²) < 4.78 is 0. The van der Waals surface area contributed by atoms with E-state index in [4.69, 9.17) is 5.26 Å². The van der Waals surface area contributed by atoms with Gasteiger partial charge in [-0.1, -0.05) is 42.5 Å². The maximum absolute atomic E-state index is 10.6. The third-order valence-corrected chi connectivity index (χ3v) is 1.95. The van der Waals surface area contributed by atoms with Gasteiger partial charge >= 0.3 is 0 Å². The van der Waals surface area contributed by atoms with Gasteiger partial charge in [-0.05, 0) is 10.8 Å². The van der Waals surface area contributed by atoms with Gasteiger partial charge in [0.15, 0.2) is 6.29 Å². The largest absolute Gasteiger partial charge is 0.298 e. The lowest BCUT2D eigenvalue weighted by Gasteiger charge is -1.98. The molecule has 2 nitrogen and oxygen atoms in total. The van der Waals surface area contributed by atoms with E-state index >= 15 is 0 Å². The highest BCUT2D eigenvalue weighted by atomic mass is 16.1. The van der Waals surface area contributed by atoms with Crippen LogP contribution < -0.4 is 0 Å². The summed E-state index contributed by atoms with van der Waals surface area (Å²) in [6, 6.07) is 13.6. The Kier molecular flexibility index (Phi) is 3.40. The molecule has 68 valence electrons. The van der Waals surface area contributed by atoms with Gasteiger partial charge in [-0.15, -0.1) is 0 Å². The Hall–Kier alpha value is -2.14. The quantitative estimate of drug-likeness (QED) is 0.638. The zero-order chi connectivity index (χ0) is 10.4. The fourth-order valence-electron chi connectivity index (χ4n) is 1.35. The van der Waals surface area contributed by atoms with E-state index in [0.29, 0.717) is 0 Å². The van der Waals surface area contributed by atoms with Gasteiger partial charge in [0.05, 0.1) is 0 Å². The van der Waals surface area contributed by atoms with Crippen molar-refractivity contribution in [3.8, 4) is 6.57 Å². The molecule has 0 aromatic heterocycles. The molecule has 14 heavy (non-hydrogen) atoms. The Morgan fingerprint density at radius 1 is 1.00 bits per heavy atom. The molecule has 0 radical (unpaired) electrons. The van der Waals surface area contributed by atoms with Gasteiger partial charge in [-0.3, -0.25) is 4.79 Å². The monoisotopic (exact) mass is 183 g/mol. The first-order chi connectivity index (χ1) is 6.92. The summed E-state index contributed by atoms with van der Waals surface area (Å²) in [4.78, 5) is 10.6. The van der Waals surface area contributed by atoms with Crippen molar-refractivity contribution in [1.82, 2.24) is 0 Å². The highest BCUT2D eigenvalue weighted by Gasteiger charge is 1.96. The first-order valence-corrected chi connectivity index (χ1v) is 4.10. The van der Waals surface area contributed by atoms with Crippen LogP contribution in [-0.2, 0) is 0 Å². The summed E-state index contributed by atoms with van der Waals surface area (Å²) in [6.45, 7) is 3.50. The van der Waals surface area contributed by atoms with E-state index in [1.807, 2.05) is 42.5 Å². The number of carbonyl (C=O) groups is 1. The summed E-state index contributed by atoms with van der Waals surface area (Å²) in [6.07, 6.45) is 0.891. The van der Waals surface area contributed by atoms with Crippen LogP contribution in [0.5, 0.6) is 0 Å². The normalized spacial score (nSPS) is 8.71. The topological polar surface area (TPSA) is 40.9 Å². The molecular weight excluding hydrogens is 174 g/mol. The lowest BCUT2D eigenvalue weighted by Crippen LogP contribution is -1.81. The van der Waals surface area contributed by atoms with Crippen molar-refractivity contribution in [2.24, 2.45) is 0 Å². The van der Waals surface area contributed by atoms with Gasteiger partial charge in [0, 0.05) is 12.1 Å². The SMILES string of the molecule is C#N.O=Cc1cccc2ccccc12. The number of nitrogens with zero attached hydrogens (tertiary/aromatic N) is 1. The Balaban J connectivity index is 0.000000461. The van der Waals surface area contributed by atoms with Crippen LogP contribution in [0.1, 0.15) is 10.4 Å². The summed E-state index contributed by atoms with van der Waals surface area (Å²) in [7, 11) is 0. The van der Waals surface area contributed by atoms with Crippen molar-refractivity contribution >= 4 is 17.1 Å². The molecular formula is C12H9NO. The second-order valence-corrected chi connectivity index (χ2v) is 2.69. The number of nitriles is 1. The first-order valence-electron chi connectivity index (χ1n) is 4.10. The van der Waals surface area contributed by atoms with Crippen molar-refractivity contribution in [3.63, 3.8) is 0 Å². The van der Waals surface area contributed by atoms with E-state index in [1.54, 1.807) is 0 Å². The Bertz CT molecular complexity index is 455. The summed E-state index contributed by atoms with van der Waals surface area (Å²) >= 11 is 0. The van der Waals surface area contributed by atoms with Crippen LogP contribution in [0, 0.1) is 11.8 Å². The molecule has 2 heteroatoms. The van der Waals surface area contributed by atoms with Gasteiger partial charge in [-0.2, -0.15) is 0 Å². The summed E-state index contributed by atoms with van der Waals surface area (Å²) in [5.41, 5.74) is 0.758. The molecule has 2 aromatic rings. The number of fused-ring (bicyclic) bond motifs is 1. The molecule has 0 heterocycles. The smallest absolute Gasteiger partial charge is 0.150 e. The van der Waals surface area contributed by atoms with Crippen LogP contribution in [0.3, 0.4) is 0 Å². The third-order valence-electron chi connectivity index (χ3n) is 1.95. The minimum atomic E-state index is 0.758. The molecule has 0 aliphatic carbocycles. The van der Waals surface area contributed by atoms with Crippen LogP contribution >= 0.6 is 0 Å². The minimum absolute atomic E-state index is 0.758. The van der Waals surface area contributed by atoms with E-state index in [1.165, 1.54) is 0 Å². The average molecular weight is 183 g/mol. The van der Waals surface area contributed by atoms with Crippen LogP contribution in [0.15, 0.2) is 42.5 Å². The Morgan fingerprint density at radius 3 is 2.36 bits per heavy atom. The molecule has 0 atom stereocenters. The van der Waals surface area contributed by atoms with Crippen molar-refractivity contribution in [1.29, 1.82) is 5.26 Å². The van der Waals surface area contributed by atoms with Gasteiger partial charge in [0.25, 0.3) is 0 Å².